The van der Waals surface area contributed by atoms with E-state index in [0.29, 0.717) is 19.3 Å². The maximum atomic E-state index is 12.8. The van der Waals surface area contributed by atoms with Crippen LogP contribution in [-0.2, 0) is 28.6 Å². The smallest absolute Gasteiger partial charge is 0.306 e. The van der Waals surface area contributed by atoms with E-state index in [0.717, 1.165) is 77.0 Å². The third-order valence-electron chi connectivity index (χ3n) is 11.8. The molecule has 0 aliphatic heterocycles. The monoisotopic (exact) mass is 883 g/mol. The molecule has 0 aromatic rings. The summed E-state index contributed by atoms with van der Waals surface area (Å²) < 4.78 is 16.7. The molecule has 0 spiro atoms. The number of carbonyl (C=O) groups is 3. The molecule has 0 fully saturated rings. The Morgan fingerprint density at radius 1 is 0.317 bits per heavy atom. The lowest BCUT2D eigenvalue weighted by atomic mass is 10.0. The highest BCUT2D eigenvalue weighted by atomic mass is 16.6. The second-order valence-corrected chi connectivity index (χ2v) is 18.1. The van der Waals surface area contributed by atoms with E-state index in [1.165, 1.54) is 154 Å². The Morgan fingerprint density at radius 3 is 1.00 bits per heavy atom. The molecule has 0 aromatic carbocycles. The molecule has 0 aliphatic rings. The molecule has 366 valence electrons. The van der Waals surface area contributed by atoms with Gasteiger partial charge in [-0.05, 0) is 70.6 Å². The summed E-state index contributed by atoms with van der Waals surface area (Å²) in [6.45, 7) is 6.56. The van der Waals surface area contributed by atoms with Crippen LogP contribution >= 0.6 is 0 Å². The van der Waals surface area contributed by atoms with Crippen molar-refractivity contribution >= 4 is 17.9 Å². The second-order valence-electron chi connectivity index (χ2n) is 18.1. The van der Waals surface area contributed by atoms with E-state index in [9.17, 15) is 14.4 Å². The van der Waals surface area contributed by atoms with Gasteiger partial charge in [0.05, 0.1) is 0 Å². The lowest BCUT2D eigenvalue weighted by molar-refractivity contribution is -0.167. The zero-order chi connectivity index (χ0) is 45.8. The van der Waals surface area contributed by atoms with Crippen LogP contribution in [0.25, 0.3) is 0 Å². The lowest BCUT2D eigenvalue weighted by Gasteiger charge is -2.18. The molecule has 0 aliphatic carbocycles. The Balaban J connectivity index is 4.38. The quantitative estimate of drug-likeness (QED) is 0.0262. The Hall–Kier alpha value is -2.63. The maximum Gasteiger partial charge on any atom is 0.306 e. The van der Waals surface area contributed by atoms with E-state index < -0.39 is 6.10 Å². The largest absolute Gasteiger partial charge is 0.462 e. The van der Waals surface area contributed by atoms with Crippen molar-refractivity contribution in [2.45, 2.75) is 284 Å². The van der Waals surface area contributed by atoms with Gasteiger partial charge in [0.2, 0.25) is 0 Å². The molecule has 0 bridgehead atoms. The molecule has 0 saturated carbocycles. The van der Waals surface area contributed by atoms with Crippen LogP contribution in [0, 0.1) is 0 Å². The SMILES string of the molecule is CCCC/C=C\CCCCCCC(=O)OCC(COC(=O)CCCCCCCCCCCCCCCCCCCC)OC(=O)CCC/C=C\C/C=C\C/C=C\CCCCCCCC. The standard InChI is InChI=1S/C57H102O6/c1-4-7-10-13-16-19-22-24-26-28-30-31-33-35-38-41-44-47-50-56(59)62-53-54(52-61-55(58)49-46-43-40-37-21-18-15-12-9-6-3)63-57(60)51-48-45-42-39-36-34-32-29-27-25-23-20-17-14-11-8-5-2/h15,18,25,27,32,34,39,42,54H,4-14,16-17,19-24,26,28-31,33,35-38,40-41,43-53H2,1-3H3/b18-15-,27-25-,34-32-,42-39-. The van der Waals surface area contributed by atoms with Crippen LogP contribution in [0.2, 0.25) is 0 Å². The summed E-state index contributed by atoms with van der Waals surface area (Å²) in [4.78, 5) is 37.9. The van der Waals surface area contributed by atoms with Gasteiger partial charge in [-0.1, -0.05) is 236 Å². The number of ether oxygens (including phenoxy) is 3. The number of carbonyl (C=O) groups excluding carboxylic acids is 3. The van der Waals surface area contributed by atoms with Crippen LogP contribution in [0.15, 0.2) is 48.6 Å². The van der Waals surface area contributed by atoms with Crippen molar-refractivity contribution < 1.29 is 28.6 Å². The van der Waals surface area contributed by atoms with E-state index in [2.05, 4.69) is 69.4 Å². The highest BCUT2D eigenvalue weighted by Gasteiger charge is 2.19. The zero-order valence-corrected chi connectivity index (χ0v) is 41.8. The first kappa shape index (κ1) is 60.4. The molecular weight excluding hydrogens is 781 g/mol. The number of allylic oxidation sites excluding steroid dienone is 8. The molecule has 0 heterocycles. The van der Waals surface area contributed by atoms with E-state index in [1.54, 1.807) is 0 Å². The van der Waals surface area contributed by atoms with Gasteiger partial charge >= 0.3 is 17.9 Å². The van der Waals surface area contributed by atoms with Crippen LogP contribution in [0.1, 0.15) is 278 Å². The van der Waals surface area contributed by atoms with E-state index >= 15 is 0 Å². The summed E-state index contributed by atoms with van der Waals surface area (Å²) in [7, 11) is 0. The van der Waals surface area contributed by atoms with Crippen molar-refractivity contribution in [1.29, 1.82) is 0 Å². The summed E-state index contributed by atoms with van der Waals surface area (Å²) >= 11 is 0. The van der Waals surface area contributed by atoms with Gasteiger partial charge in [-0.15, -0.1) is 0 Å². The summed E-state index contributed by atoms with van der Waals surface area (Å²) in [6, 6.07) is 0. The summed E-state index contributed by atoms with van der Waals surface area (Å²) in [5.74, 6) is -0.952. The third kappa shape index (κ3) is 50.2. The third-order valence-corrected chi connectivity index (χ3v) is 11.8. The van der Waals surface area contributed by atoms with Gasteiger partial charge < -0.3 is 14.2 Å². The van der Waals surface area contributed by atoms with E-state index in [-0.39, 0.29) is 37.5 Å². The Morgan fingerprint density at radius 2 is 0.603 bits per heavy atom. The molecule has 0 N–H and O–H groups in total. The molecule has 6 nitrogen and oxygen atoms in total. The van der Waals surface area contributed by atoms with Crippen molar-refractivity contribution in [3.05, 3.63) is 48.6 Å². The average Bonchev–Trinajstić information content (AvgIpc) is 3.28. The van der Waals surface area contributed by atoms with Gasteiger partial charge in [-0.2, -0.15) is 0 Å². The topological polar surface area (TPSA) is 78.9 Å². The minimum Gasteiger partial charge on any atom is -0.462 e. The minimum absolute atomic E-state index is 0.0941. The molecule has 0 saturated heterocycles. The van der Waals surface area contributed by atoms with Crippen molar-refractivity contribution in [1.82, 2.24) is 0 Å². The van der Waals surface area contributed by atoms with Crippen LogP contribution < -0.4 is 0 Å². The van der Waals surface area contributed by atoms with Gasteiger partial charge in [0.25, 0.3) is 0 Å². The molecule has 63 heavy (non-hydrogen) atoms. The van der Waals surface area contributed by atoms with Gasteiger partial charge in [0.1, 0.15) is 13.2 Å². The second kappa shape index (κ2) is 52.0. The maximum absolute atomic E-state index is 12.8. The predicted molar refractivity (Wildman–Crippen MR) is 270 cm³/mol. The first-order valence-corrected chi connectivity index (χ1v) is 27.1. The van der Waals surface area contributed by atoms with Gasteiger partial charge in [0.15, 0.2) is 6.10 Å². The number of esters is 3. The van der Waals surface area contributed by atoms with Crippen LogP contribution in [0.3, 0.4) is 0 Å². The van der Waals surface area contributed by atoms with Crippen molar-refractivity contribution in [2.75, 3.05) is 13.2 Å². The summed E-state index contributed by atoms with van der Waals surface area (Å²) in [5, 5.41) is 0. The molecule has 6 heteroatoms. The highest BCUT2D eigenvalue weighted by molar-refractivity contribution is 5.71. The van der Waals surface area contributed by atoms with Gasteiger partial charge in [-0.3, -0.25) is 14.4 Å². The summed E-state index contributed by atoms with van der Waals surface area (Å²) in [5.41, 5.74) is 0. The van der Waals surface area contributed by atoms with Gasteiger partial charge in [-0.25, -0.2) is 0 Å². The molecular formula is C57H102O6. The van der Waals surface area contributed by atoms with E-state index in [1.807, 2.05) is 0 Å². The normalized spacial score (nSPS) is 12.4. The molecule has 0 rings (SSSR count). The van der Waals surface area contributed by atoms with Crippen molar-refractivity contribution in [3.63, 3.8) is 0 Å². The first-order valence-electron chi connectivity index (χ1n) is 27.1. The van der Waals surface area contributed by atoms with Crippen LogP contribution in [0.5, 0.6) is 0 Å². The predicted octanol–water partition coefficient (Wildman–Crippen LogP) is 17.9. The zero-order valence-electron chi connectivity index (χ0n) is 41.8. The molecule has 1 unspecified atom stereocenters. The summed E-state index contributed by atoms with van der Waals surface area (Å²) in [6.07, 6.45) is 62.5. The van der Waals surface area contributed by atoms with Gasteiger partial charge in [0, 0.05) is 19.3 Å². The Kier molecular flexibility index (Phi) is 49.8. The molecule has 0 aromatic heterocycles. The van der Waals surface area contributed by atoms with E-state index in [4.69, 9.17) is 14.2 Å². The molecule has 1 atom stereocenters. The van der Waals surface area contributed by atoms with Crippen molar-refractivity contribution in [3.8, 4) is 0 Å². The highest BCUT2D eigenvalue weighted by Crippen LogP contribution is 2.16. The fourth-order valence-electron chi connectivity index (χ4n) is 7.68. The molecule has 0 radical (unpaired) electrons. The fourth-order valence-corrected chi connectivity index (χ4v) is 7.68. The first-order chi connectivity index (χ1) is 31.0. The van der Waals surface area contributed by atoms with Crippen LogP contribution in [0.4, 0.5) is 0 Å². The number of hydrogen-bond donors (Lipinski definition) is 0. The minimum atomic E-state index is -0.800. The number of unbranched alkanes of at least 4 members (excludes halogenated alkanes) is 30. The average molecular weight is 883 g/mol. The number of hydrogen-bond acceptors (Lipinski definition) is 6. The molecule has 0 amide bonds. The number of rotatable bonds is 49. The Bertz CT molecular complexity index is 1110. The Labute approximate surface area is 390 Å². The fraction of sp³-hybridized carbons (Fsp3) is 0.807. The van der Waals surface area contributed by atoms with Crippen LogP contribution in [-0.4, -0.2) is 37.2 Å². The van der Waals surface area contributed by atoms with Crippen molar-refractivity contribution in [2.24, 2.45) is 0 Å². The lowest BCUT2D eigenvalue weighted by Crippen LogP contribution is -2.30.